The molecule has 0 aliphatic rings. The Morgan fingerprint density at radius 2 is 2.22 bits per heavy atom. The van der Waals surface area contributed by atoms with E-state index in [1.807, 2.05) is 58.2 Å². The summed E-state index contributed by atoms with van der Waals surface area (Å²) in [5.41, 5.74) is 2.85. The molecule has 0 amide bonds. The van der Waals surface area contributed by atoms with Crippen molar-refractivity contribution < 1.29 is 8.68 Å². The lowest BCUT2D eigenvalue weighted by atomic mass is 10.3. The zero-order valence-corrected chi connectivity index (χ0v) is 10.7. The Balaban J connectivity index is 2.26. The van der Waals surface area contributed by atoms with Crippen LogP contribution in [0.1, 0.15) is 15.5 Å². The predicted molar refractivity (Wildman–Crippen MR) is 70.2 cm³/mol. The quantitative estimate of drug-likeness (QED) is 0.599. The van der Waals surface area contributed by atoms with Crippen molar-refractivity contribution in [2.75, 3.05) is 0 Å². The van der Waals surface area contributed by atoms with E-state index in [-0.39, 0.29) is 5.69 Å². The Hall–Kier alpha value is -2.10. The Bertz CT molecular complexity index is 827. The Kier molecular flexibility index (Phi) is 1.66. The number of pyridine rings is 1. The summed E-state index contributed by atoms with van der Waals surface area (Å²) in [6.07, 6.45) is 3.91. The largest absolute Gasteiger partial charge is 0.308 e. The van der Waals surface area contributed by atoms with E-state index in [0.717, 1.165) is 11.4 Å². The molecule has 4 nitrogen and oxygen atoms in total. The van der Waals surface area contributed by atoms with Gasteiger partial charge in [0.15, 0.2) is 6.20 Å². The average Bonchev–Trinajstić information content (AvgIpc) is 2.89. The van der Waals surface area contributed by atoms with Gasteiger partial charge in [-0.1, -0.05) is 0 Å². The van der Waals surface area contributed by atoms with E-state index in [4.69, 9.17) is 4.11 Å². The van der Waals surface area contributed by atoms with Crippen molar-refractivity contribution in [1.29, 1.82) is 0 Å². The summed E-state index contributed by atoms with van der Waals surface area (Å²) in [6, 6.07) is 5.97. The van der Waals surface area contributed by atoms with Crippen molar-refractivity contribution in [3.8, 4) is 11.4 Å². The van der Waals surface area contributed by atoms with Crippen molar-refractivity contribution in [2.24, 2.45) is 14.1 Å². The van der Waals surface area contributed by atoms with Crippen molar-refractivity contribution >= 4 is 5.78 Å². The molecular weight excluding hydrogens is 224 g/mol. The van der Waals surface area contributed by atoms with Crippen molar-refractivity contribution in [1.82, 2.24) is 14.0 Å². The maximum Gasteiger partial charge on any atom is 0.230 e. The van der Waals surface area contributed by atoms with E-state index in [2.05, 4.69) is 4.98 Å². The molecule has 0 aromatic carbocycles. The molecule has 92 valence electrons. The van der Waals surface area contributed by atoms with Crippen molar-refractivity contribution in [3.05, 3.63) is 42.0 Å². The monoisotopic (exact) mass is 244 g/mol. The minimum Gasteiger partial charge on any atom is -0.308 e. The lowest BCUT2D eigenvalue weighted by Gasteiger charge is -2.00. The smallest absolute Gasteiger partial charge is 0.230 e. The lowest BCUT2D eigenvalue weighted by molar-refractivity contribution is -0.660. The third kappa shape index (κ3) is 1.38. The van der Waals surface area contributed by atoms with Crippen LogP contribution in [0.5, 0.6) is 0 Å². The maximum absolute atomic E-state index is 7.55. The van der Waals surface area contributed by atoms with E-state index in [1.54, 1.807) is 6.92 Å². The summed E-state index contributed by atoms with van der Waals surface area (Å²) in [5.74, 6) is 0.637. The zero-order chi connectivity index (χ0) is 15.4. The van der Waals surface area contributed by atoms with E-state index >= 15 is 0 Å². The van der Waals surface area contributed by atoms with Gasteiger partial charge in [0, 0.05) is 35.2 Å². The fourth-order valence-corrected chi connectivity index (χ4v) is 2.23. The number of fused-ring (bicyclic) bond motifs is 1. The standard InChI is InChI=1S/C14H17N4/c1-10-11(2)18-9-13(17(4)14(18)15-10)12-7-5-6-8-16(12)3/h5-9H,1-4H3/q+1/i1D3. The van der Waals surface area contributed by atoms with Crippen LogP contribution in [-0.4, -0.2) is 14.0 Å². The van der Waals surface area contributed by atoms with Gasteiger partial charge in [-0.25, -0.2) is 4.98 Å². The van der Waals surface area contributed by atoms with Gasteiger partial charge < -0.3 is 4.57 Å². The van der Waals surface area contributed by atoms with Gasteiger partial charge in [0.1, 0.15) is 12.7 Å². The summed E-state index contributed by atoms with van der Waals surface area (Å²) in [7, 11) is 3.87. The van der Waals surface area contributed by atoms with Crippen LogP contribution in [0.4, 0.5) is 0 Å². The SMILES string of the molecule is [2H]C([2H])([2H])c1nc2n(C)c(-c3cccc[n+]3C)cn2c1C. The summed E-state index contributed by atoms with van der Waals surface area (Å²) < 4.78 is 28.4. The summed E-state index contributed by atoms with van der Waals surface area (Å²) in [5, 5.41) is 0. The van der Waals surface area contributed by atoms with Crippen molar-refractivity contribution in [2.45, 2.75) is 13.8 Å². The molecule has 0 bridgehead atoms. The second kappa shape index (κ2) is 3.70. The second-order valence-corrected chi connectivity index (χ2v) is 4.49. The average molecular weight is 244 g/mol. The summed E-state index contributed by atoms with van der Waals surface area (Å²) in [4.78, 5) is 4.31. The van der Waals surface area contributed by atoms with Crippen LogP contribution in [0, 0.1) is 13.8 Å². The van der Waals surface area contributed by atoms with Crippen LogP contribution in [-0.2, 0) is 14.1 Å². The zero-order valence-electron chi connectivity index (χ0n) is 13.7. The number of aryl methyl sites for hydroxylation is 4. The number of nitrogens with zero attached hydrogens (tertiary/aromatic N) is 4. The lowest BCUT2D eigenvalue weighted by Crippen LogP contribution is -2.30. The molecule has 0 aliphatic heterocycles. The van der Waals surface area contributed by atoms with E-state index in [1.165, 1.54) is 0 Å². The van der Waals surface area contributed by atoms with E-state index in [9.17, 15) is 0 Å². The van der Waals surface area contributed by atoms with Crippen molar-refractivity contribution in [3.63, 3.8) is 0 Å². The molecule has 0 radical (unpaired) electrons. The highest BCUT2D eigenvalue weighted by Gasteiger charge is 2.17. The van der Waals surface area contributed by atoms with Crippen LogP contribution >= 0.6 is 0 Å². The normalized spacial score (nSPS) is 14.5. The minimum atomic E-state index is -2.19. The third-order valence-electron chi connectivity index (χ3n) is 3.36. The first kappa shape index (κ1) is 8.08. The molecule has 0 saturated carbocycles. The minimum absolute atomic E-state index is 0.164. The molecule has 3 aromatic heterocycles. The number of hydrogen-bond acceptors (Lipinski definition) is 1. The number of aromatic nitrogens is 4. The van der Waals surface area contributed by atoms with Crippen LogP contribution < -0.4 is 4.57 Å². The van der Waals surface area contributed by atoms with Crippen LogP contribution in [0.3, 0.4) is 0 Å². The molecule has 0 spiro atoms. The maximum atomic E-state index is 7.55. The molecule has 0 aliphatic carbocycles. The molecule has 3 rings (SSSR count). The number of rotatable bonds is 1. The molecule has 18 heavy (non-hydrogen) atoms. The van der Waals surface area contributed by atoms with Gasteiger partial charge in [-0.3, -0.25) is 4.40 Å². The first-order chi connectivity index (χ1) is 9.80. The first-order valence-electron chi connectivity index (χ1n) is 7.30. The van der Waals surface area contributed by atoms with E-state index < -0.39 is 6.85 Å². The Labute approximate surface area is 110 Å². The fraction of sp³-hybridized carbons (Fsp3) is 0.286. The Morgan fingerprint density at radius 3 is 2.89 bits per heavy atom. The van der Waals surface area contributed by atoms with Crippen LogP contribution in [0.15, 0.2) is 30.6 Å². The van der Waals surface area contributed by atoms with E-state index in [0.29, 0.717) is 11.5 Å². The highest BCUT2D eigenvalue weighted by molar-refractivity contribution is 5.57. The topological polar surface area (TPSA) is 26.1 Å². The van der Waals surface area contributed by atoms with Gasteiger partial charge in [0.05, 0.1) is 5.69 Å². The molecule has 0 unspecified atom stereocenters. The van der Waals surface area contributed by atoms with Gasteiger partial charge in [-0.2, -0.15) is 4.57 Å². The van der Waals surface area contributed by atoms with Gasteiger partial charge in [-0.15, -0.1) is 0 Å². The molecule has 3 heterocycles. The summed E-state index contributed by atoms with van der Waals surface area (Å²) in [6.45, 7) is -0.399. The fourth-order valence-electron chi connectivity index (χ4n) is 2.23. The second-order valence-electron chi connectivity index (χ2n) is 4.49. The van der Waals surface area contributed by atoms with Crippen LogP contribution in [0.2, 0.25) is 0 Å². The molecule has 0 atom stereocenters. The molecule has 0 saturated heterocycles. The van der Waals surface area contributed by atoms with Gasteiger partial charge in [-0.05, 0) is 19.8 Å². The Morgan fingerprint density at radius 1 is 1.39 bits per heavy atom. The van der Waals surface area contributed by atoms with Gasteiger partial charge >= 0.3 is 0 Å². The van der Waals surface area contributed by atoms with Gasteiger partial charge in [0.25, 0.3) is 0 Å². The predicted octanol–water partition coefficient (Wildman–Crippen LogP) is 1.78. The molecular formula is C14H17N4+. The molecule has 0 N–H and O–H groups in total. The van der Waals surface area contributed by atoms with Crippen LogP contribution in [0.25, 0.3) is 17.2 Å². The first-order valence-corrected chi connectivity index (χ1v) is 5.80. The molecule has 4 heteroatoms. The highest BCUT2D eigenvalue weighted by Crippen LogP contribution is 2.21. The molecule has 0 fully saturated rings. The van der Waals surface area contributed by atoms with Gasteiger partial charge in [0.2, 0.25) is 11.5 Å². The highest BCUT2D eigenvalue weighted by atomic mass is 15.2. The number of hydrogen-bond donors (Lipinski definition) is 0. The molecule has 3 aromatic rings. The summed E-state index contributed by atoms with van der Waals surface area (Å²) >= 11 is 0. The number of imidazole rings is 2. The third-order valence-corrected chi connectivity index (χ3v) is 3.36.